The minimum atomic E-state index is -0.606. The zero-order chi connectivity index (χ0) is 20.0. The van der Waals surface area contributed by atoms with Crippen LogP contribution < -0.4 is 20.3 Å². The number of nitrogens with one attached hydrogen (secondary N) is 2. The van der Waals surface area contributed by atoms with Crippen LogP contribution in [0.3, 0.4) is 0 Å². The number of hydrogen-bond donors (Lipinski definition) is 2. The second-order valence-electron chi connectivity index (χ2n) is 4.95. The van der Waals surface area contributed by atoms with Crippen LogP contribution in [-0.2, 0) is 9.59 Å². The first kappa shape index (κ1) is 21.9. The van der Waals surface area contributed by atoms with Gasteiger partial charge in [-0.15, -0.1) is 0 Å². The molecule has 0 radical (unpaired) electrons. The van der Waals surface area contributed by atoms with Gasteiger partial charge in [0.15, 0.2) is 19.0 Å². The smallest absolute Gasteiger partial charge is 0.276 e. The monoisotopic (exact) mass is 514 g/mol. The molecular weight excluding hydrogens is 506 g/mol. The van der Waals surface area contributed by atoms with Crippen molar-refractivity contribution in [2.24, 2.45) is 0 Å². The normalized spacial score (nSPS) is 10.3. The molecule has 0 fully saturated rings. The summed E-state index contributed by atoms with van der Waals surface area (Å²) in [5.74, 6) is -0.665. The number of benzene rings is 2. The average molecular weight is 517 g/mol. The van der Waals surface area contributed by atoms with Gasteiger partial charge in [0.2, 0.25) is 0 Å². The van der Waals surface area contributed by atoms with E-state index in [2.05, 4.69) is 26.8 Å². The lowest BCUT2D eigenvalue weighted by molar-refractivity contribution is -0.131. The van der Waals surface area contributed by atoms with Gasteiger partial charge in [0.25, 0.3) is 11.8 Å². The van der Waals surface area contributed by atoms with Crippen molar-refractivity contribution in [3.8, 4) is 11.5 Å². The Hall–Kier alpha value is -1.38. The molecular formula is C16H11BrCl4N2O4. The fraction of sp³-hybridized carbons (Fsp3) is 0.125. The summed E-state index contributed by atoms with van der Waals surface area (Å²) in [6, 6.07) is 7.62. The Bertz CT molecular complexity index is 843. The molecule has 6 nitrogen and oxygen atoms in total. The van der Waals surface area contributed by atoms with Crippen LogP contribution in [0, 0.1) is 0 Å². The van der Waals surface area contributed by atoms with Crippen molar-refractivity contribution in [1.29, 1.82) is 0 Å². The largest absolute Gasteiger partial charge is 0.482 e. The van der Waals surface area contributed by atoms with Crippen LogP contribution in [0.15, 0.2) is 34.8 Å². The second kappa shape index (κ2) is 10.2. The summed E-state index contributed by atoms with van der Waals surface area (Å²) >= 11 is 26.8. The highest BCUT2D eigenvalue weighted by Crippen LogP contribution is 2.35. The van der Waals surface area contributed by atoms with Gasteiger partial charge >= 0.3 is 0 Å². The van der Waals surface area contributed by atoms with Crippen molar-refractivity contribution in [1.82, 2.24) is 10.9 Å². The van der Waals surface area contributed by atoms with Gasteiger partial charge in [0.1, 0.15) is 5.75 Å². The van der Waals surface area contributed by atoms with Crippen LogP contribution in [-0.4, -0.2) is 25.0 Å². The van der Waals surface area contributed by atoms with Gasteiger partial charge in [-0.3, -0.25) is 20.4 Å². The highest BCUT2D eigenvalue weighted by Gasteiger charge is 2.12. The van der Waals surface area contributed by atoms with E-state index >= 15 is 0 Å². The maximum absolute atomic E-state index is 11.8. The fourth-order valence-corrected chi connectivity index (χ4v) is 3.58. The molecule has 0 bridgehead atoms. The minimum Gasteiger partial charge on any atom is -0.482 e. The Morgan fingerprint density at radius 2 is 1.44 bits per heavy atom. The lowest BCUT2D eigenvalue weighted by Crippen LogP contribution is -2.45. The highest BCUT2D eigenvalue weighted by atomic mass is 79.9. The minimum absolute atomic E-state index is 0.236. The quantitative estimate of drug-likeness (QED) is 0.547. The first-order valence-corrected chi connectivity index (χ1v) is 9.49. The molecule has 2 amide bonds. The van der Waals surface area contributed by atoms with Crippen molar-refractivity contribution >= 4 is 74.1 Å². The highest BCUT2D eigenvalue weighted by molar-refractivity contribution is 9.10. The predicted octanol–water partition coefficient (Wildman–Crippen LogP) is 4.67. The summed E-state index contributed by atoms with van der Waals surface area (Å²) in [6.07, 6.45) is 0. The van der Waals surface area contributed by atoms with Crippen LogP contribution in [0.5, 0.6) is 11.5 Å². The molecule has 27 heavy (non-hydrogen) atoms. The molecule has 0 aliphatic heterocycles. The van der Waals surface area contributed by atoms with Crippen LogP contribution in [0.4, 0.5) is 0 Å². The number of hydrazine groups is 1. The number of rotatable bonds is 6. The van der Waals surface area contributed by atoms with Crippen molar-refractivity contribution in [2.75, 3.05) is 13.2 Å². The zero-order valence-corrected chi connectivity index (χ0v) is 17.9. The van der Waals surface area contributed by atoms with E-state index in [-0.39, 0.29) is 34.8 Å². The van der Waals surface area contributed by atoms with Gasteiger partial charge in [0, 0.05) is 10.0 Å². The Balaban J connectivity index is 1.76. The van der Waals surface area contributed by atoms with E-state index in [1.807, 2.05) is 0 Å². The summed E-state index contributed by atoms with van der Waals surface area (Å²) in [6.45, 7) is -0.749. The Labute approximate surface area is 183 Å². The summed E-state index contributed by atoms with van der Waals surface area (Å²) in [7, 11) is 0. The van der Waals surface area contributed by atoms with E-state index in [0.717, 1.165) is 0 Å². The van der Waals surface area contributed by atoms with E-state index in [1.54, 1.807) is 12.1 Å². The Morgan fingerprint density at radius 3 is 2.04 bits per heavy atom. The van der Waals surface area contributed by atoms with Crippen LogP contribution in [0.25, 0.3) is 0 Å². The van der Waals surface area contributed by atoms with Crippen molar-refractivity contribution < 1.29 is 19.1 Å². The molecule has 0 aliphatic rings. The molecule has 0 atom stereocenters. The third-order valence-electron chi connectivity index (χ3n) is 2.90. The molecule has 0 saturated heterocycles. The Morgan fingerprint density at radius 1 is 0.852 bits per heavy atom. The lowest BCUT2D eigenvalue weighted by Gasteiger charge is -2.12. The van der Waals surface area contributed by atoms with Crippen LogP contribution in [0.1, 0.15) is 0 Å². The van der Waals surface area contributed by atoms with Crippen molar-refractivity contribution in [2.45, 2.75) is 0 Å². The molecule has 2 N–H and O–H groups in total. The number of ether oxygens (including phenoxy) is 2. The summed E-state index contributed by atoms with van der Waals surface area (Å²) in [4.78, 5) is 23.5. The number of hydrogen-bond acceptors (Lipinski definition) is 4. The predicted molar refractivity (Wildman–Crippen MR) is 108 cm³/mol. The van der Waals surface area contributed by atoms with Crippen molar-refractivity contribution in [3.05, 3.63) is 54.9 Å². The second-order valence-corrected chi connectivity index (χ2v) is 7.49. The SMILES string of the molecule is O=C(COc1ccc(Cl)cc1Cl)NNC(=O)COc1c(Cl)cc(Cl)cc1Br. The van der Waals surface area contributed by atoms with Gasteiger partial charge in [-0.2, -0.15) is 0 Å². The molecule has 2 aromatic carbocycles. The summed E-state index contributed by atoms with van der Waals surface area (Å²) < 4.78 is 11.0. The molecule has 0 aromatic heterocycles. The van der Waals surface area contributed by atoms with E-state index in [0.29, 0.717) is 14.5 Å². The topological polar surface area (TPSA) is 76.7 Å². The molecule has 0 spiro atoms. The van der Waals surface area contributed by atoms with E-state index in [1.165, 1.54) is 18.2 Å². The number of halogens is 5. The molecule has 144 valence electrons. The van der Waals surface area contributed by atoms with E-state index < -0.39 is 11.8 Å². The summed E-state index contributed by atoms with van der Waals surface area (Å²) in [5, 5.41) is 1.35. The van der Waals surface area contributed by atoms with E-state index in [4.69, 9.17) is 55.9 Å². The molecule has 0 heterocycles. The standard InChI is InChI=1S/C16H11BrCl4N2O4/c17-10-3-9(19)5-12(21)16(10)27-7-15(25)23-22-14(24)6-26-13-2-1-8(18)4-11(13)20/h1-5H,6-7H2,(H,22,24)(H,23,25). The number of amides is 2. The molecule has 0 unspecified atom stereocenters. The van der Waals surface area contributed by atoms with Gasteiger partial charge < -0.3 is 9.47 Å². The number of carbonyl (C=O) groups excluding carboxylic acids is 2. The first-order chi connectivity index (χ1) is 12.8. The van der Waals surface area contributed by atoms with Crippen LogP contribution in [0.2, 0.25) is 20.1 Å². The average Bonchev–Trinajstić information content (AvgIpc) is 2.58. The molecule has 2 aromatic rings. The lowest BCUT2D eigenvalue weighted by atomic mass is 10.3. The number of carbonyl (C=O) groups is 2. The van der Waals surface area contributed by atoms with Crippen molar-refractivity contribution in [3.63, 3.8) is 0 Å². The third-order valence-corrected chi connectivity index (χ3v) is 4.52. The fourth-order valence-electron chi connectivity index (χ4n) is 1.75. The third kappa shape index (κ3) is 6.93. The molecule has 2 rings (SSSR count). The zero-order valence-electron chi connectivity index (χ0n) is 13.3. The van der Waals surface area contributed by atoms with Gasteiger partial charge in [-0.05, 0) is 46.3 Å². The Kier molecular flexibility index (Phi) is 8.31. The first-order valence-electron chi connectivity index (χ1n) is 7.19. The molecule has 0 saturated carbocycles. The van der Waals surface area contributed by atoms with Crippen LogP contribution >= 0.6 is 62.3 Å². The van der Waals surface area contributed by atoms with Gasteiger partial charge in [-0.1, -0.05) is 46.4 Å². The van der Waals surface area contributed by atoms with E-state index in [9.17, 15) is 9.59 Å². The maximum Gasteiger partial charge on any atom is 0.276 e. The maximum atomic E-state index is 11.8. The molecule has 11 heteroatoms. The van der Waals surface area contributed by atoms with Gasteiger partial charge in [0.05, 0.1) is 14.5 Å². The summed E-state index contributed by atoms with van der Waals surface area (Å²) in [5.41, 5.74) is 4.36. The molecule has 0 aliphatic carbocycles. The van der Waals surface area contributed by atoms with Gasteiger partial charge in [-0.25, -0.2) is 0 Å².